The Hall–Kier alpha value is -1.55. The standard InChI is InChI=1S/C15H22N2O2/c1-15(2,3)19-14(18)17-10-8-12-11(7-9-16)5-4-6-13(12)17/h4-6H,7-10,16H2,1-3H3. The Bertz CT molecular complexity index is 478. The lowest BCUT2D eigenvalue weighted by Crippen LogP contribution is -2.35. The van der Waals surface area contributed by atoms with Gasteiger partial charge in [0.2, 0.25) is 0 Å². The Morgan fingerprint density at radius 1 is 1.42 bits per heavy atom. The van der Waals surface area contributed by atoms with Crippen molar-refractivity contribution in [3.05, 3.63) is 29.3 Å². The van der Waals surface area contributed by atoms with Crippen molar-refractivity contribution >= 4 is 11.8 Å². The van der Waals surface area contributed by atoms with E-state index < -0.39 is 5.60 Å². The van der Waals surface area contributed by atoms with Crippen LogP contribution in [0.4, 0.5) is 10.5 Å². The van der Waals surface area contributed by atoms with Gasteiger partial charge in [-0.1, -0.05) is 12.1 Å². The molecule has 0 spiro atoms. The van der Waals surface area contributed by atoms with Crippen LogP contribution in [0.1, 0.15) is 31.9 Å². The van der Waals surface area contributed by atoms with Crippen LogP contribution in [0, 0.1) is 0 Å². The van der Waals surface area contributed by atoms with Crippen LogP contribution < -0.4 is 10.6 Å². The van der Waals surface area contributed by atoms with Crippen LogP contribution >= 0.6 is 0 Å². The van der Waals surface area contributed by atoms with E-state index in [2.05, 4.69) is 6.07 Å². The maximum atomic E-state index is 12.2. The Kier molecular flexibility index (Phi) is 3.80. The van der Waals surface area contributed by atoms with Gasteiger partial charge in [-0.3, -0.25) is 4.90 Å². The van der Waals surface area contributed by atoms with E-state index in [1.54, 1.807) is 4.90 Å². The molecule has 0 bridgehead atoms. The van der Waals surface area contributed by atoms with Gasteiger partial charge >= 0.3 is 6.09 Å². The predicted molar refractivity (Wildman–Crippen MR) is 76.5 cm³/mol. The summed E-state index contributed by atoms with van der Waals surface area (Å²) >= 11 is 0. The number of ether oxygens (including phenoxy) is 1. The molecule has 0 unspecified atom stereocenters. The van der Waals surface area contributed by atoms with E-state index in [0.717, 1.165) is 18.5 Å². The van der Waals surface area contributed by atoms with Crippen LogP contribution in [0.3, 0.4) is 0 Å². The van der Waals surface area contributed by atoms with Gasteiger partial charge < -0.3 is 10.5 Å². The smallest absolute Gasteiger partial charge is 0.414 e. The number of fused-ring (bicyclic) bond motifs is 1. The molecule has 0 aliphatic carbocycles. The Morgan fingerprint density at radius 2 is 2.16 bits per heavy atom. The minimum absolute atomic E-state index is 0.267. The molecule has 4 nitrogen and oxygen atoms in total. The van der Waals surface area contributed by atoms with E-state index in [9.17, 15) is 4.79 Å². The second-order valence-electron chi connectivity index (χ2n) is 5.84. The van der Waals surface area contributed by atoms with Gasteiger partial charge in [0, 0.05) is 6.54 Å². The second kappa shape index (κ2) is 5.21. The number of nitrogens with zero attached hydrogens (tertiary/aromatic N) is 1. The third-order valence-electron chi connectivity index (χ3n) is 3.15. The van der Waals surface area contributed by atoms with Gasteiger partial charge in [-0.15, -0.1) is 0 Å². The molecule has 0 saturated heterocycles. The molecular formula is C15H22N2O2. The van der Waals surface area contributed by atoms with Gasteiger partial charge in [0.05, 0.1) is 5.69 Å². The quantitative estimate of drug-likeness (QED) is 0.891. The molecule has 0 fully saturated rings. The number of nitrogens with two attached hydrogens (primary N) is 1. The van der Waals surface area contributed by atoms with Gasteiger partial charge in [0.15, 0.2) is 0 Å². The minimum atomic E-state index is -0.464. The molecule has 1 aromatic rings. The zero-order valence-corrected chi connectivity index (χ0v) is 11.9. The summed E-state index contributed by atoms with van der Waals surface area (Å²) in [7, 11) is 0. The Labute approximate surface area is 114 Å². The third-order valence-corrected chi connectivity index (χ3v) is 3.15. The third kappa shape index (κ3) is 3.07. The summed E-state index contributed by atoms with van der Waals surface area (Å²) in [6.45, 7) is 6.96. The van der Waals surface area contributed by atoms with Crippen molar-refractivity contribution < 1.29 is 9.53 Å². The van der Waals surface area contributed by atoms with Crippen molar-refractivity contribution in [1.82, 2.24) is 0 Å². The summed E-state index contributed by atoms with van der Waals surface area (Å²) in [5.74, 6) is 0. The van der Waals surface area contributed by atoms with Crippen LogP contribution in [0.2, 0.25) is 0 Å². The zero-order valence-electron chi connectivity index (χ0n) is 11.9. The summed E-state index contributed by atoms with van der Waals surface area (Å²) in [5, 5.41) is 0. The molecule has 0 saturated carbocycles. The van der Waals surface area contributed by atoms with E-state index in [4.69, 9.17) is 10.5 Å². The van der Waals surface area contributed by atoms with Crippen molar-refractivity contribution in [2.45, 2.75) is 39.2 Å². The maximum Gasteiger partial charge on any atom is 0.414 e. The average Bonchev–Trinajstić information content (AvgIpc) is 2.72. The van der Waals surface area contributed by atoms with E-state index >= 15 is 0 Å². The Balaban J connectivity index is 2.22. The van der Waals surface area contributed by atoms with Crippen LogP contribution in [-0.4, -0.2) is 24.8 Å². The summed E-state index contributed by atoms with van der Waals surface area (Å²) < 4.78 is 5.44. The van der Waals surface area contributed by atoms with Gasteiger partial charge in [0.25, 0.3) is 0 Å². The maximum absolute atomic E-state index is 12.2. The summed E-state index contributed by atoms with van der Waals surface area (Å²) in [5.41, 5.74) is 8.61. The molecule has 0 atom stereocenters. The molecule has 1 aliphatic rings. The lowest BCUT2D eigenvalue weighted by atomic mass is 10.0. The van der Waals surface area contributed by atoms with E-state index in [-0.39, 0.29) is 6.09 Å². The fourth-order valence-corrected chi connectivity index (χ4v) is 2.40. The van der Waals surface area contributed by atoms with Crippen molar-refractivity contribution in [2.24, 2.45) is 5.73 Å². The SMILES string of the molecule is CC(C)(C)OC(=O)N1CCc2c(CCN)cccc21. The number of amides is 1. The first-order chi connectivity index (χ1) is 8.92. The van der Waals surface area contributed by atoms with E-state index in [1.807, 2.05) is 32.9 Å². The zero-order chi connectivity index (χ0) is 14.0. The van der Waals surface area contributed by atoms with Crippen LogP contribution in [0.15, 0.2) is 18.2 Å². The molecule has 1 amide bonds. The number of hydrogen-bond acceptors (Lipinski definition) is 3. The first kappa shape index (κ1) is 13.9. The fourth-order valence-electron chi connectivity index (χ4n) is 2.40. The number of hydrogen-bond donors (Lipinski definition) is 1. The lowest BCUT2D eigenvalue weighted by molar-refractivity contribution is 0.0584. The number of anilines is 1. The molecule has 1 aromatic carbocycles. The summed E-state index contributed by atoms with van der Waals surface area (Å²) in [4.78, 5) is 13.9. The Morgan fingerprint density at radius 3 is 2.79 bits per heavy atom. The fraction of sp³-hybridized carbons (Fsp3) is 0.533. The van der Waals surface area contributed by atoms with Gasteiger partial charge in [-0.25, -0.2) is 4.79 Å². The predicted octanol–water partition coefficient (Wildman–Crippen LogP) is 2.49. The van der Waals surface area contributed by atoms with E-state index in [0.29, 0.717) is 13.1 Å². The molecule has 2 N–H and O–H groups in total. The highest BCUT2D eigenvalue weighted by Gasteiger charge is 2.29. The largest absolute Gasteiger partial charge is 0.443 e. The van der Waals surface area contributed by atoms with Crippen LogP contribution in [0.5, 0.6) is 0 Å². The van der Waals surface area contributed by atoms with Gasteiger partial charge in [-0.2, -0.15) is 0 Å². The number of rotatable bonds is 2. The number of carbonyl (C=O) groups is 1. The summed E-state index contributed by atoms with van der Waals surface area (Å²) in [6.07, 6.45) is 1.46. The molecular weight excluding hydrogens is 240 g/mol. The number of benzene rings is 1. The van der Waals surface area contributed by atoms with Gasteiger partial charge in [-0.05, 0) is 57.4 Å². The molecule has 1 heterocycles. The van der Waals surface area contributed by atoms with Crippen molar-refractivity contribution in [2.75, 3.05) is 18.0 Å². The van der Waals surface area contributed by atoms with E-state index in [1.165, 1.54) is 11.1 Å². The van der Waals surface area contributed by atoms with Crippen LogP contribution in [0.25, 0.3) is 0 Å². The lowest BCUT2D eigenvalue weighted by Gasteiger charge is -2.24. The normalized spacial score (nSPS) is 14.4. The number of carbonyl (C=O) groups excluding carboxylic acids is 1. The van der Waals surface area contributed by atoms with Crippen molar-refractivity contribution in [1.29, 1.82) is 0 Å². The molecule has 4 heteroatoms. The highest BCUT2D eigenvalue weighted by atomic mass is 16.6. The molecule has 0 radical (unpaired) electrons. The average molecular weight is 262 g/mol. The highest BCUT2D eigenvalue weighted by molar-refractivity contribution is 5.90. The first-order valence-corrected chi connectivity index (χ1v) is 6.74. The topological polar surface area (TPSA) is 55.6 Å². The van der Waals surface area contributed by atoms with Crippen LogP contribution in [-0.2, 0) is 17.6 Å². The van der Waals surface area contributed by atoms with Crippen molar-refractivity contribution in [3.63, 3.8) is 0 Å². The highest BCUT2D eigenvalue weighted by Crippen LogP contribution is 2.32. The van der Waals surface area contributed by atoms with Crippen molar-refractivity contribution in [3.8, 4) is 0 Å². The minimum Gasteiger partial charge on any atom is -0.443 e. The second-order valence-corrected chi connectivity index (χ2v) is 5.84. The molecule has 19 heavy (non-hydrogen) atoms. The summed E-state index contributed by atoms with van der Waals surface area (Å²) in [6, 6.07) is 6.04. The monoisotopic (exact) mass is 262 g/mol. The molecule has 104 valence electrons. The van der Waals surface area contributed by atoms with Gasteiger partial charge in [0.1, 0.15) is 5.60 Å². The molecule has 0 aromatic heterocycles. The molecule has 1 aliphatic heterocycles. The molecule has 2 rings (SSSR count). The first-order valence-electron chi connectivity index (χ1n) is 6.74.